The van der Waals surface area contributed by atoms with Crippen molar-refractivity contribution < 1.29 is 9.84 Å². The summed E-state index contributed by atoms with van der Waals surface area (Å²) in [4.78, 5) is 4.26. The van der Waals surface area contributed by atoms with E-state index in [0.29, 0.717) is 6.42 Å². The van der Waals surface area contributed by atoms with Crippen LogP contribution in [0.4, 0.5) is 0 Å². The quantitative estimate of drug-likeness (QED) is 0.879. The zero-order valence-electron chi connectivity index (χ0n) is 10.2. The highest BCUT2D eigenvalue weighted by molar-refractivity contribution is 5.84. The molecule has 0 aliphatic heterocycles. The Morgan fingerprint density at radius 3 is 2.88 bits per heavy atom. The Bertz CT molecular complexity index is 503. The molecule has 0 amide bonds. The average molecular weight is 231 g/mol. The molecule has 3 heteroatoms. The van der Waals surface area contributed by atoms with E-state index in [1.165, 1.54) is 0 Å². The van der Waals surface area contributed by atoms with Gasteiger partial charge >= 0.3 is 0 Å². The van der Waals surface area contributed by atoms with Crippen LogP contribution in [0.3, 0.4) is 0 Å². The van der Waals surface area contributed by atoms with Gasteiger partial charge in [0.2, 0.25) is 0 Å². The molecule has 0 bridgehead atoms. The molecule has 0 saturated heterocycles. The molecule has 0 saturated carbocycles. The largest absolute Gasteiger partial charge is 0.490 e. The SMILES string of the molecule is CCC(C)(O)COc1cccc2ncccc12. The molecule has 2 aromatic rings. The van der Waals surface area contributed by atoms with Crippen molar-refractivity contribution in [2.24, 2.45) is 0 Å². The lowest BCUT2D eigenvalue weighted by atomic mass is 10.1. The predicted octanol–water partition coefficient (Wildman–Crippen LogP) is 2.77. The van der Waals surface area contributed by atoms with E-state index >= 15 is 0 Å². The number of hydrogen-bond acceptors (Lipinski definition) is 3. The summed E-state index contributed by atoms with van der Waals surface area (Å²) in [6.45, 7) is 4.00. The van der Waals surface area contributed by atoms with Crippen LogP contribution < -0.4 is 4.74 Å². The summed E-state index contributed by atoms with van der Waals surface area (Å²) in [5, 5.41) is 10.9. The van der Waals surface area contributed by atoms with Gasteiger partial charge in [-0.2, -0.15) is 0 Å². The summed E-state index contributed by atoms with van der Waals surface area (Å²) < 4.78 is 5.68. The number of benzene rings is 1. The summed E-state index contributed by atoms with van der Waals surface area (Å²) in [5.74, 6) is 0.768. The van der Waals surface area contributed by atoms with Gasteiger partial charge in [-0.05, 0) is 37.6 Å². The maximum absolute atomic E-state index is 9.92. The lowest BCUT2D eigenvalue weighted by Crippen LogP contribution is -2.31. The zero-order valence-corrected chi connectivity index (χ0v) is 10.2. The number of aliphatic hydroxyl groups is 1. The van der Waals surface area contributed by atoms with E-state index in [4.69, 9.17) is 4.74 Å². The topological polar surface area (TPSA) is 42.4 Å². The van der Waals surface area contributed by atoms with Crippen LogP contribution in [-0.4, -0.2) is 22.3 Å². The fraction of sp³-hybridized carbons (Fsp3) is 0.357. The molecule has 2 rings (SSSR count). The van der Waals surface area contributed by atoms with Gasteiger partial charge in [0.05, 0.1) is 11.1 Å². The number of hydrogen-bond donors (Lipinski definition) is 1. The Kier molecular flexibility index (Phi) is 3.29. The minimum atomic E-state index is -0.787. The van der Waals surface area contributed by atoms with Crippen LogP contribution in [0.25, 0.3) is 10.9 Å². The van der Waals surface area contributed by atoms with Gasteiger partial charge in [0.1, 0.15) is 12.4 Å². The highest BCUT2D eigenvalue weighted by Gasteiger charge is 2.18. The number of aromatic nitrogens is 1. The van der Waals surface area contributed by atoms with Crippen molar-refractivity contribution in [1.29, 1.82) is 0 Å². The molecule has 0 radical (unpaired) electrons. The van der Waals surface area contributed by atoms with Gasteiger partial charge in [-0.1, -0.05) is 13.0 Å². The third-order valence-corrected chi connectivity index (χ3v) is 2.91. The predicted molar refractivity (Wildman–Crippen MR) is 68.2 cm³/mol. The first kappa shape index (κ1) is 11.9. The Hall–Kier alpha value is -1.61. The monoisotopic (exact) mass is 231 g/mol. The van der Waals surface area contributed by atoms with Gasteiger partial charge in [0, 0.05) is 11.6 Å². The lowest BCUT2D eigenvalue weighted by molar-refractivity contribution is 0.00896. The van der Waals surface area contributed by atoms with Crippen LogP contribution >= 0.6 is 0 Å². The highest BCUT2D eigenvalue weighted by Crippen LogP contribution is 2.24. The molecule has 1 heterocycles. The van der Waals surface area contributed by atoms with E-state index in [1.807, 2.05) is 37.3 Å². The van der Waals surface area contributed by atoms with Crippen LogP contribution in [-0.2, 0) is 0 Å². The normalized spacial score (nSPS) is 14.5. The summed E-state index contributed by atoms with van der Waals surface area (Å²) in [6, 6.07) is 9.60. The fourth-order valence-electron chi connectivity index (χ4n) is 1.54. The minimum Gasteiger partial charge on any atom is -0.490 e. The van der Waals surface area contributed by atoms with Gasteiger partial charge in [0.15, 0.2) is 0 Å². The van der Waals surface area contributed by atoms with E-state index in [2.05, 4.69) is 4.98 Å². The molecular formula is C14H17NO2. The van der Waals surface area contributed by atoms with Crippen LogP contribution in [0.1, 0.15) is 20.3 Å². The van der Waals surface area contributed by atoms with Crippen molar-refractivity contribution in [3.8, 4) is 5.75 Å². The molecule has 1 unspecified atom stereocenters. The van der Waals surface area contributed by atoms with Crippen LogP contribution in [0.15, 0.2) is 36.5 Å². The number of nitrogens with zero attached hydrogens (tertiary/aromatic N) is 1. The maximum atomic E-state index is 9.92. The van der Waals surface area contributed by atoms with E-state index in [9.17, 15) is 5.11 Å². The molecule has 3 nitrogen and oxygen atoms in total. The first-order valence-corrected chi connectivity index (χ1v) is 5.81. The number of fused-ring (bicyclic) bond motifs is 1. The van der Waals surface area contributed by atoms with Crippen molar-refractivity contribution in [2.45, 2.75) is 25.9 Å². The number of rotatable bonds is 4. The summed E-state index contributed by atoms with van der Waals surface area (Å²) >= 11 is 0. The van der Waals surface area contributed by atoms with Crippen molar-refractivity contribution in [1.82, 2.24) is 4.98 Å². The Labute approximate surface area is 101 Å². The van der Waals surface area contributed by atoms with E-state index < -0.39 is 5.60 Å². The van der Waals surface area contributed by atoms with E-state index in [0.717, 1.165) is 16.7 Å². The standard InChI is InChI=1S/C14H17NO2/c1-3-14(2,16)10-17-13-8-4-7-12-11(13)6-5-9-15-12/h4-9,16H,3,10H2,1-2H3. The molecule has 1 aromatic heterocycles. The summed E-state index contributed by atoms with van der Waals surface area (Å²) in [7, 11) is 0. The molecule has 0 aliphatic rings. The molecule has 1 atom stereocenters. The second-order valence-corrected chi connectivity index (χ2v) is 4.47. The molecule has 1 N–H and O–H groups in total. The molecule has 0 aliphatic carbocycles. The first-order chi connectivity index (χ1) is 8.12. The second kappa shape index (κ2) is 4.72. The zero-order chi connectivity index (χ0) is 12.3. The Balaban J connectivity index is 2.24. The molecular weight excluding hydrogens is 214 g/mol. The fourth-order valence-corrected chi connectivity index (χ4v) is 1.54. The second-order valence-electron chi connectivity index (χ2n) is 4.47. The van der Waals surface area contributed by atoms with Crippen molar-refractivity contribution >= 4 is 10.9 Å². The van der Waals surface area contributed by atoms with E-state index in [-0.39, 0.29) is 6.61 Å². The van der Waals surface area contributed by atoms with Gasteiger partial charge in [0.25, 0.3) is 0 Å². The van der Waals surface area contributed by atoms with Gasteiger partial charge in [-0.3, -0.25) is 4.98 Å². The highest BCUT2D eigenvalue weighted by atomic mass is 16.5. The number of pyridine rings is 1. The molecule has 17 heavy (non-hydrogen) atoms. The molecule has 0 spiro atoms. The van der Waals surface area contributed by atoms with E-state index in [1.54, 1.807) is 13.1 Å². The molecule has 1 aromatic carbocycles. The minimum absolute atomic E-state index is 0.289. The maximum Gasteiger partial charge on any atom is 0.128 e. The van der Waals surface area contributed by atoms with Crippen molar-refractivity contribution in [2.75, 3.05) is 6.61 Å². The first-order valence-electron chi connectivity index (χ1n) is 5.81. The average Bonchev–Trinajstić information content (AvgIpc) is 2.36. The van der Waals surface area contributed by atoms with Crippen LogP contribution in [0.5, 0.6) is 5.75 Å². The Morgan fingerprint density at radius 1 is 1.29 bits per heavy atom. The van der Waals surface area contributed by atoms with Gasteiger partial charge in [-0.25, -0.2) is 0 Å². The molecule has 0 fully saturated rings. The Morgan fingerprint density at radius 2 is 2.12 bits per heavy atom. The van der Waals surface area contributed by atoms with Gasteiger partial charge in [-0.15, -0.1) is 0 Å². The number of ether oxygens (including phenoxy) is 1. The van der Waals surface area contributed by atoms with Crippen LogP contribution in [0.2, 0.25) is 0 Å². The van der Waals surface area contributed by atoms with Crippen LogP contribution in [0, 0.1) is 0 Å². The van der Waals surface area contributed by atoms with Gasteiger partial charge < -0.3 is 9.84 Å². The third kappa shape index (κ3) is 2.74. The molecule has 90 valence electrons. The third-order valence-electron chi connectivity index (χ3n) is 2.91. The van der Waals surface area contributed by atoms with Crippen molar-refractivity contribution in [3.05, 3.63) is 36.5 Å². The summed E-state index contributed by atoms with van der Waals surface area (Å²) in [5.41, 5.74) is 0.117. The lowest BCUT2D eigenvalue weighted by Gasteiger charge is -2.21. The summed E-state index contributed by atoms with van der Waals surface area (Å²) in [6.07, 6.45) is 2.42. The van der Waals surface area contributed by atoms with Crippen molar-refractivity contribution in [3.63, 3.8) is 0 Å². The smallest absolute Gasteiger partial charge is 0.128 e.